The van der Waals surface area contributed by atoms with Crippen molar-refractivity contribution in [1.29, 1.82) is 0 Å². The van der Waals surface area contributed by atoms with Gasteiger partial charge in [-0.25, -0.2) is 4.39 Å². The smallest absolute Gasteiger partial charge is 0.270 e. The minimum Gasteiger partial charge on any atom is -0.457 e. The molecule has 2 aromatic carbocycles. The van der Waals surface area contributed by atoms with Crippen LogP contribution in [-0.2, 0) is 9.59 Å². The summed E-state index contributed by atoms with van der Waals surface area (Å²) < 4.78 is 18.9. The zero-order chi connectivity index (χ0) is 21.4. The highest BCUT2D eigenvalue weighted by molar-refractivity contribution is 7.80. The molecule has 0 unspecified atom stereocenters. The van der Waals surface area contributed by atoms with Crippen molar-refractivity contribution < 1.29 is 18.4 Å². The van der Waals surface area contributed by atoms with Crippen LogP contribution in [0, 0.1) is 19.7 Å². The minimum absolute atomic E-state index is 0.0299. The van der Waals surface area contributed by atoms with E-state index in [1.54, 1.807) is 30.3 Å². The molecule has 1 aliphatic heterocycles. The third-order valence-electron chi connectivity index (χ3n) is 4.96. The van der Waals surface area contributed by atoms with Crippen LogP contribution in [0.3, 0.4) is 0 Å². The fraction of sp³-hybridized carbons (Fsp3) is 0.0870. The quantitative estimate of drug-likeness (QED) is 0.384. The Labute approximate surface area is 177 Å². The Kier molecular flexibility index (Phi) is 5.05. The highest BCUT2D eigenvalue weighted by atomic mass is 32.1. The van der Waals surface area contributed by atoms with Crippen molar-refractivity contribution in [2.24, 2.45) is 0 Å². The molecule has 2 amide bonds. The number of rotatable bonds is 3. The Morgan fingerprint density at radius 2 is 1.77 bits per heavy atom. The number of hydrogen-bond acceptors (Lipinski definition) is 4. The van der Waals surface area contributed by atoms with Gasteiger partial charge in [0.15, 0.2) is 5.11 Å². The van der Waals surface area contributed by atoms with Gasteiger partial charge in [0.2, 0.25) is 0 Å². The number of amides is 2. The number of halogens is 1. The van der Waals surface area contributed by atoms with Crippen LogP contribution in [0.25, 0.3) is 17.4 Å². The van der Waals surface area contributed by atoms with Crippen LogP contribution in [0.4, 0.5) is 10.1 Å². The number of nitrogens with one attached hydrogen (secondary N) is 1. The van der Waals surface area contributed by atoms with Crippen LogP contribution in [-0.4, -0.2) is 16.9 Å². The molecule has 2 heterocycles. The van der Waals surface area contributed by atoms with Gasteiger partial charge >= 0.3 is 0 Å². The summed E-state index contributed by atoms with van der Waals surface area (Å²) >= 11 is 5.25. The third kappa shape index (κ3) is 3.55. The molecule has 0 aliphatic carbocycles. The number of carbonyl (C=O) groups is 2. The molecule has 30 heavy (non-hydrogen) atoms. The van der Waals surface area contributed by atoms with Gasteiger partial charge in [0.25, 0.3) is 11.8 Å². The molecule has 7 heteroatoms. The lowest BCUT2D eigenvalue weighted by Gasteiger charge is -2.30. The molecule has 0 atom stereocenters. The average Bonchev–Trinajstić information content (AvgIpc) is 3.17. The maximum atomic E-state index is 13.2. The van der Waals surface area contributed by atoms with E-state index in [1.165, 1.54) is 23.1 Å². The zero-order valence-corrected chi connectivity index (χ0v) is 17.0. The Hall–Kier alpha value is -3.58. The van der Waals surface area contributed by atoms with Crippen molar-refractivity contribution in [3.8, 4) is 11.3 Å². The lowest BCUT2D eigenvalue weighted by atomic mass is 10.0. The van der Waals surface area contributed by atoms with E-state index in [4.69, 9.17) is 16.6 Å². The van der Waals surface area contributed by atoms with Crippen LogP contribution >= 0.6 is 12.2 Å². The summed E-state index contributed by atoms with van der Waals surface area (Å²) in [5, 5.41) is 2.60. The number of hydrogen-bond donors (Lipinski definition) is 1. The molecule has 5 nitrogen and oxygen atoms in total. The summed E-state index contributed by atoms with van der Waals surface area (Å²) in [6.07, 6.45) is 1.38. The Balaban J connectivity index is 1.70. The molecule has 0 saturated carbocycles. The van der Waals surface area contributed by atoms with Gasteiger partial charge in [-0.05, 0) is 85.7 Å². The molecule has 0 radical (unpaired) electrons. The van der Waals surface area contributed by atoms with Gasteiger partial charge in [-0.2, -0.15) is 0 Å². The van der Waals surface area contributed by atoms with Gasteiger partial charge in [0.05, 0.1) is 5.69 Å². The summed E-state index contributed by atoms with van der Waals surface area (Å²) in [5.74, 6) is -0.655. The van der Waals surface area contributed by atoms with Crippen LogP contribution in [0.5, 0.6) is 0 Å². The number of nitrogens with zero attached hydrogens (tertiary/aromatic N) is 1. The Morgan fingerprint density at radius 1 is 1.03 bits per heavy atom. The van der Waals surface area contributed by atoms with E-state index >= 15 is 0 Å². The zero-order valence-electron chi connectivity index (χ0n) is 16.2. The van der Waals surface area contributed by atoms with Crippen molar-refractivity contribution in [3.63, 3.8) is 0 Å². The lowest BCUT2D eigenvalue weighted by Crippen LogP contribution is -2.54. The van der Waals surface area contributed by atoms with E-state index in [0.717, 1.165) is 11.1 Å². The van der Waals surface area contributed by atoms with Crippen molar-refractivity contribution in [2.45, 2.75) is 13.8 Å². The van der Waals surface area contributed by atoms with Gasteiger partial charge in [0, 0.05) is 5.56 Å². The van der Waals surface area contributed by atoms with E-state index in [0.29, 0.717) is 22.8 Å². The molecule has 150 valence electrons. The molecule has 1 fully saturated rings. The molecule has 1 aromatic heterocycles. The van der Waals surface area contributed by atoms with E-state index in [-0.39, 0.29) is 16.5 Å². The van der Waals surface area contributed by atoms with E-state index in [9.17, 15) is 14.0 Å². The molecule has 1 saturated heterocycles. The monoisotopic (exact) mass is 420 g/mol. The molecule has 0 spiro atoms. The second-order valence-electron chi connectivity index (χ2n) is 6.89. The van der Waals surface area contributed by atoms with Crippen molar-refractivity contribution in [1.82, 2.24) is 5.32 Å². The van der Waals surface area contributed by atoms with E-state index < -0.39 is 11.8 Å². The summed E-state index contributed by atoms with van der Waals surface area (Å²) in [4.78, 5) is 26.9. The average molecular weight is 420 g/mol. The first-order valence-electron chi connectivity index (χ1n) is 9.18. The molecule has 1 aliphatic rings. The van der Waals surface area contributed by atoms with Crippen LogP contribution in [0.1, 0.15) is 16.9 Å². The molecule has 3 aromatic rings. The summed E-state index contributed by atoms with van der Waals surface area (Å²) in [7, 11) is 0. The van der Waals surface area contributed by atoms with E-state index in [2.05, 4.69) is 5.32 Å². The van der Waals surface area contributed by atoms with Gasteiger partial charge in [-0.15, -0.1) is 0 Å². The first-order chi connectivity index (χ1) is 14.3. The predicted molar refractivity (Wildman–Crippen MR) is 116 cm³/mol. The van der Waals surface area contributed by atoms with Crippen molar-refractivity contribution in [3.05, 3.63) is 82.9 Å². The number of furan rings is 1. The molecule has 4 rings (SSSR count). The Bertz CT molecular complexity index is 1210. The highest BCUT2D eigenvalue weighted by Gasteiger charge is 2.35. The predicted octanol–water partition coefficient (Wildman–Crippen LogP) is 4.53. The van der Waals surface area contributed by atoms with E-state index in [1.807, 2.05) is 26.0 Å². The number of thiocarbonyl (C=S) groups is 1. The molecule has 0 bridgehead atoms. The maximum absolute atomic E-state index is 13.2. The molecular weight excluding hydrogens is 403 g/mol. The third-order valence-corrected chi connectivity index (χ3v) is 5.25. The van der Waals surface area contributed by atoms with Crippen molar-refractivity contribution in [2.75, 3.05) is 4.90 Å². The number of aryl methyl sites for hydroxylation is 1. The Morgan fingerprint density at radius 3 is 2.50 bits per heavy atom. The maximum Gasteiger partial charge on any atom is 0.270 e. The van der Waals surface area contributed by atoms with Gasteiger partial charge in [-0.1, -0.05) is 12.1 Å². The topological polar surface area (TPSA) is 62.6 Å². The van der Waals surface area contributed by atoms with Gasteiger partial charge in [-0.3, -0.25) is 19.8 Å². The number of anilines is 1. The fourth-order valence-electron chi connectivity index (χ4n) is 3.20. The SMILES string of the molecule is Cc1cccc(N2C(=O)/C(=C/c3ccc(-c4ccc(F)cc4)o3)C(=O)NC2=S)c1C. The normalized spacial score (nSPS) is 15.6. The fourth-order valence-corrected chi connectivity index (χ4v) is 3.47. The standard InChI is InChI=1S/C23H17FN2O3S/c1-13-4-3-5-19(14(13)2)26-22(28)18(21(27)25-23(26)30)12-17-10-11-20(29-17)15-6-8-16(24)9-7-15/h3-12H,1-2H3,(H,25,27,30)/b18-12+. The van der Waals surface area contributed by atoms with Gasteiger partial charge < -0.3 is 4.42 Å². The molecular formula is C23H17FN2O3S. The van der Waals surface area contributed by atoms with Gasteiger partial charge in [0.1, 0.15) is 22.9 Å². The van der Waals surface area contributed by atoms with Crippen LogP contribution in [0.2, 0.25) is 0 Å². The summed E-state index contributed by atoms with van der Waals surface area (Å²) in [6.45, 7) is 3.83. The first-order valence-corrected chi connectivity index (χ1v) is 9.59. The summed E-state index contributed by atoms with van der Waals surface area (Å²) in [5.41, 5.74) is 3.09. The first kappa shape index (κ1) is 19.7. The molecule has 1 N–H and O–H groups in total. The second-order valence-corrected chi connectivity index (χ2v) is 7.27. The second kappa shape index (κ2) is 7.68. The number of benzene rings is 2. The van der Waals surface area contributed by atoms with Crippen LogP contribution < -0.4 is 10.2 Å². The number of carbonyl (C=O) groups excluding carboxylic acids is 2. The van der Waals surface area contributed by atoms with Crippen molar-refractivity contribution >= 4 is 40.9 Å². The highest BCUT2D eigenvalue weighted by Crippen LogP contribution is 2.28. The largest absolute Gasteiger partial charge is 0.457 e. The minimum atomic E-state index is -0.591. The van der Waals surface area contributed by atoms with Crippen LogP contribution in [0.15, 0.2) is 64.6 Å². The summed E-state index contributed by atoms with van der Waals surface area (Å²) in [6, 6.07) is 14.7. The lowest BCUT2D eigenvalue weighted by molar-refractivity contribution is -0.122.